The largest absolute Gasteiger partial charge is 0.395 e. The van der Waals surface area contributed by atoms with Crippen LogP contribution in [0.1, 0.15) is 45.2 Å². The van der Waals surface area contributed by atoms with Crippen molar-refractivity contribution < 1.29 is 10.2 Å². The average molecular weight is 394 g/mol. The smallest absolute Gasteiger partial charge is 0.0584 e. The van der Waals surface area contributed by atoms with Crippen LogP contribution in [0.15, 0.2) is 18.2 Å². The summed E-state index contributed by atoms with van der Waals surface area (Å²) in [7, 11) is 0. The molecule has 0 bridgehead atoms. The first-order valence-corrected chi connectivity index (χ1v) is 9.53. The number of halogens is 2. The number of rotatable bonds is 10. The second kappa shape index (κ2) is 14.7. The molecule has 0 aromatic heterocycles. The van der Waals surface area contributed by atoms with E-state index in [2.05, 4.69) is 10.6 Å². The summed E-state index contributed by atoms with van der Waals surface area (Å²) in [5.41, 5.74) is 6.59. The third-order valence-corrected chi connectivity index (χ3v) is 4.26. The van der Waals surface area contributed by atoms with E-state index in [1.807, 2.05) is 32.9 Å². The molecule has 0 amide bonds. The van der Waals surface area contributed by atoms with Crippen molar-refractivity contribution in [2.45, 2.75) is 51.7 Å². The van der Waals surface area contributed by atoms with E-state index in [4.69, 9.17) is 39.1 Å². The summed E-state index contributed by atoms with van der Waals surface area (Å²) < 4.78 is 0. The Morgan fingerprint density at radius 2 is 1.32 bits per heavy atom. The highest BCUT2D eigenvalue weighted by Gasteiger charge is 2.04. The highest BCUT2D eigenvalue weighted by Crippen LogP contribution is 2.21. The molecule has 1 rings (SSSR count). The molecule has 0 saturated carbocycles. The van der Waals surface area contributed by atoms with E-state index in [0.717, 1.165) is 31.5 Å². The maximum atomic E-state index is 8.90. The Labute approximate surface area is 161 Å². The molecular weight excluding hydrogens is 361 g/mol. The van der Waals surface area contributed by atoms with Crippen molar-refractivity contribution in [1.29, 1.82) is 0 Å². The normalized spacial score (nSPS) is 14.4. The molecule has 1 aromatic rings. The first-order valence-electron chi connectivity index (χ1n) is 8.77. The Morgan fingerprint density at radius 1 is 0.920 bits per heavy atom. The molecule has 0 aliphatic heterocycles. The third-order valence-electron chi connectivity index (χ3n) is 3.83. The van der Waals surface area contributed by atoms with Crippen LogP contribution >= 0.6 is 23.2 Å². The van der Waals surface area contributed by atoms with Crippen molar-refractivity contribution in [2.75, 3.05) is 26.3 Å². The molecule has 0 aliphatic rings. The zero-order valence-corrected chi connectivity index (χ0v) is 16.9. The van der Waals surface area contributed by atoms with E-state index >= 15 is 0 Å². The van der Waals surface area contributed by atoms with Crippen LogP contribution < -0.4 is 16.4 Å². The molecule has 146 valence electrons. The predicted molar refractivity (Wildman–Crippen MR) is 107 cm³/mol. The number of benzene rings is 1. The zero-order valence-electron chi connectivity index (χ0n) is 15.4. The molecule has 0 radical (unpaired) electrons. The van der Waals surface area contributed by atoms with E-state index in [-0.39, 0.29) is 31.3 Å². The van der Waals surface area contributed by atoms with Gasteiger partial charge in [-0.2, -0.15) is 0 Å². The lowest BCUT2D eigenvalue weighted by Gasteiger charge is -2.17. The van der Waals surface area contributed by atoms with Gasteiger partial charge in [-0.05, 0) is 43.5 Å². The van der Waals surface area contributed by atoms with Crippen LogP contribution in [0.5, 0.6) is 0 Å². The van der Waals surface area contributed by atoms with Gasteiger partial charge in [0.15, 0.2) is 0 Å². The first-order chi connectivity index (χ1) is 11.9. The number of hydrogen-bond donors (Lipinski definition) is 5. The van der Waals surface area contributed by atoms with Crippen LogP contribution in [-0.2, 0) is 0 Å². The van der Waals surface area contributed by atoms with Crippen LogP contribution in [0.25, 0.3) is 0 Å². The van der Waals surface area contributed by atoms with Crippen molar-refractivity contribution in [3.05, 3.63) is 33.8 Å². The van der Waals surface area contributed by atoms with Gasteiger partial charge in [-0.25, -0.2) is 0 Å². The molecule has 0 saturated heterocycles. The Bertz CT molecular complexity index is 420. The van der Waals surface area contributed by atoms with Gasteiger partial charge in [0.05, 0.1) is 13.2 Å². The molecule has 1 aromatic carbocycles. The standard InChI is InChI=1S/C10H24N2O2.C8H9Cl2N/c1-3-9(7-13)11-5-6-12-10(4-2)8-14;1-5(11)6-2-7(9)4-8(10)3-6/h9-14H,3-8H2,1-2H3;2-5H,11H2,1H3/t9-,10-;/m0./s1. The molecular formula is C18H33Cl2N3O2. The maximum Gasteiger partial charge on any atom is 0.0584 e. The average Bonchev–Trinajstić information content (AvgIpc) is 2.58. The van der Waals surface area contributed by atoms with Crippen molar-refractivity contribution in [1.82, 2.24) is 10.6 Å². The molecule has 0 heterocycles. The summed E-state index contributed by atoms with van der Waals surface area (Å²) in [4.78, 5) is 0. The molecule has 7 heteroatoms. The van der Waals surface area contributed by atoms with Gasteiger partial charge in [0.1, 0.15) is 0 Å². The fourth-order valence-corrected chi connectivity index (χ4v) is 2.61. The topological polar surface area (TPSA) is 90.5 Å². The minimum absolute atomic E-state index is 0.0220. The van der Waals surface area contributed by atoms with Crippen LogP contribution in [-0.4, -0.2) is 48.6 Å². The van der Waals surface area contributed by atoms with Gasteiger partial charge in [-0.1, -0.05) is 37.0 Å². The van der Waals surface area contributed by atoms with Crippen LogP contribution in [0.3, 0.4) is 0 Å². The molecule has 6 N–H and O–H groups in total. The summed E-state index contributed by atoms with van der Waals surface area (Å²) in [6.07, 6.45) is 1.88. The van der Waals surface area contributed by atoms with E-state index in [0.29, 0.717) is 10.0 Å². The third kappa shape index (κ3) is 11.8. The highest BCUT2D eigenvalue weighted by molar-refractivity contribution is 6.34. The van der Waals surface area contributed by atoms with Gasteiger partial charge >= 0.3 is 0 Å². The lowest BCUT2D eigenvalue weighted by molar-refractivity contribution is 0.229. The molecule has 5 nitrogen and oxygen atoms in total. The summed E-state index contributed by atoms with van der Waals surface area (Å²) in [6, 6.07) is 5.70. The second-order valence-electron chi connectivity index (χ2n) is 5.98. The monoisotopic (exact) mass is 393 g/mol. The molecule has 25 heavy (non-hydrogen) atoms. The minimum Gasteiger partial charge on any atom is -0.395 e. The molecule has 0 fully saturated rings. The van der Waals surface area contributed by atoms with Gasteiger partial charge in [0, 0.05) is 41.3 Å². The second-order valence-corrected chi connectivity index (χ2v) is 6.85. The number of aliphatic hydroxyl groups excluding tert-OH is 2. The van der Waals surface area contributed by atoms with E-state index in [9.17, 15) is 0 Å². The summed E-state index contributed by atoms with van der Waals surface area (Å²) >= 11 is 11.5. The molecule has 0 aliphatic carbocycles. The summed E-state index contributed by atoms with van der Waals surface area (Å²) in [6.45, 7) is 8.02. The highest BCUT2D eigenvalue weighted by atomic mass is 35.5. The van der Waals surface area contributed by atoms with Crippen molar-refractivity contribution in [2.24, 2.45) is 5.73 Å². The Kier molecular flexibility index (Phi) is 14.5. The molecule has 3 atom stereocenters. The van der Waals surface area contributed by atoms with Gasteiger partial charge in [-0.3, -0.25) is 0 Å². The van der Waals surface area contributed by atoms with Gasteiger partial charge in [0.2, 0.25) is 0 Å². The van der Waals surface area contributed by atoms with Gasteiger partial charge < -0.3 is 26.6 Å². The number of nitrogens with one attached hydrogen (secondary N) is 2. The fraction of sp³-hybridized carbons (Fsp3) is 0.667. The maximum absolute atomic E-state index is 8.90. The van der Waals surface area contributed by atoms with Gasteiger partial charge in [0.25, 0.3) is 0 Å². The first kappa shape index (κ1) is 24.6. The van der Waals surface area contributed by atoms with Crippen LogP contribution in [0, 0.1) is 0 Å². The number of nitrogens with two attached hydrogens (primary N) is 1. The molecule has 0 spiro atoms. The van der Waals surface area contributed by atoms with Crippen LogP contribution in [0.2, 0.25) is 10.0 Å². The van der Waals surface area contributed by atoms with E-state index < -0.39 is 0 Å². The predicted octanol–water partition coefficient (Wildman–Crippen LogP) is 2.72. The van der Waals surface area contributed by atoms with E-state index in [1.54, 1.807) is 6.07 Å². The van der Waals surface area contributed by atoms with Crippen molar-refractivity contribution in [3.63, 3.8) is 0 Å². The Morgan fingerprint density at radius 3 is 1.60 bits per heavy atom. The minimum atomic E-state index is -0.0220. The Hall–Kier alpha value is -0.400. The number of aliphatic hydroxyl groups is 2. The summed E-state index contributed by atoms with van der Waals surface area (Å²) in [5, 5.41) is 25.5. The SMILES string of the molecule is CC(N)c1cc(Cl)cc(Cl)c1.CC[C@@H](CO)NCCN[C@@H](CC)CO. The Balaban J connectivity index is 0.000000472. The quantitative estimate of drug-likeness (QED) is 0.394. The van der Waals surface area contributed by atoms with Crippen molar-refractivity contribution >= 4 is 23.2 Å². The summed E-state index contributed by atoms with van der Waals surface area (Å²) in [5.74, 6) is 0. The fourth-order valence-electron chi connectivity index (χ4n) is 2.07. The van der Waals surface area contributed by atoms with Crippen LogP contribution in [0.4, 0.5) is 0 Å². The lowest BCUT2D eigenvalue weighted by Crippen LogP contribution is -2.40. The zero-order chi connectivity index (χ0) is 19.2. The number of hydrogen-bond acceptors (Lipinski definition) is 5. The van der Waals surface area contributed by atoms with Crippen molar-refractivity contribution in [3.8, 4) is 0 Å². The van der Waals surface area contributed by atoms with Gasteiger partial charge in [-0.15, -0.1) is 0 Å². The molecule has 1 unspecified atom stereocenters. The lowest BCUT2D eigenvalue weighted by atomic mass is 10.1. The van der Waals surface area contributed by atoms with E-state index in [1.165, 1.54) is 0 Å².